The van der Waals surface area contributed by atoms with Crippen molar-refractivity contribution in [1.29, 1.82) is 0 Å². The van der Waals surface area contributed by atoms with E-state index in [4.69, 9.17) is 14.6 Å². The Balaban J connectivity index is 1.74. The molecule has 2 unspecified atom stereocenters. The van der Waals surface area contributed by atoms with E-state index < -0.39 is 12.1 Å². The summed E-state index contributed by atoms with van der Waals surface area (Å²) in [6.45, 7) is 0.935. The highest BCUT2D eigenvalue weighted by Crippen LogP contribution is 2.21. The van der Waals surface area contributed by atoms with Crippen LogP contribution < -0.4 is 0 Å². The molecule has 0 aliphatic carbocycles. The quantitative estimate of drug-likeness (QED) is 0.907. The smallest absolute Gasteiger partial charge is 0.332 e. The Morgan fingerprint density at radius 3 is 2.89 bits per heavy atom. The second-order valence-electron chi connectivity index (χ2n) is 4.27. The lowest BCUT2D eigenvalue weighted by atomic mass is 10.2. The minimum atomic E-state index is -0.886. The number of hydrogen-bond donors (Lipinski definition) is 1. The van der Waals surface area contributed by atoms with Crippen LogP contribution in [0.2, 0.25) is 0 Å². The molecular formula is C13H15BrO4. The summed E-state index contributed by atoms with van der Waals surface area (Å²) in [5.74, 6) is -0.886. The van der Waals surface area contributed by atoms with E-state index in [0.29, 0.717) is 19.6 Å². The van der Waals surface area contributed by atoms with Crippen LogP contribution in [0.5, 0.6) is 0 Å². The molecule has 1 aromatic rings. The topological polar surface area (TPSA) is 55.8 Å². The SMILES string of the molecule is O=C(O)C1CCC(COCc2ccccc2Br)O1. The average molecular weight is 315 g/mol. The summed E-state index contributed by atoms with van der Waals surface area (Å²) in [5, 5.41) is 8.80. The van der Waals surface area contributed by atoms with E-state index in [2.05, 4.69) is 15.9 Å². The fourth-order valence-corrected chi connectivity index (χ4v) is 2.32. The van der Waals surface area contributed by atoms with Crippen LogP contribution in [0.3, 0.4) is 0 Å². The van der Waals surface area contributed by atoms with Gasteiger partial charge in [0.15, 0.2) is 6.10 Å². The molecule has 2 rings (SSSR count). The van der Waals surface area contributed by atoms with E-state index >= 15 is 0 Å². The third-order valence-electron chi connectivity index (χ3n) is 2.90. The molecule has 18 heavy (non-hydrogen) atoms. The van der Waals surface area contributed by atoms with Crippen molar-refractivity contribution < 1.29 is 19.4 Å². The average Bonchev–Trinajstić information content (AvgIpc) is 2.80. The number of carboxylic acid groups (broad SMARTS) is 1. The number of rotatable bonds is 5. The Bertz CT molecular complexity index is 421. The van der Waals surface area contributed by atoms with E-state index in [1.54, 1.807) is 0 Å². The van der Waals surface area contributed by atoms with Crippen LogP contribution >= 0.6 is 15.9 Å². The molecule has 1 aliphatic rings. The molecule has 0 radical (unpaired) electrons. The molecule has 4 nitrogen and oxygen atoms in total. The maximum atomic E-state index is 10.7. The van der Waals surface area contributed by atoms with Crippen LogP contribution in [-0.2, 0) is 20.9 Å². The third kappa shape index (κ3) is 3.54. The zero-order valence-electron chi connectivity index (χ0n) is 9.84. The van der Waals surface area contributed by atoms with Gasteiger partial charge in [0.2, 0.25) is 0 Å². The number of carboxylic acids is 1. The molecule has 1 aliphatic heterocycles. The van der Waals surface area contributed by atoms with Gasteiger partial charge in [0.25, 0.3) is 0 Å². The minimum absolute atomic E-state index is 0.103. The fraction of sp³-hybridized carbons (Fsp3) is 0.462. The van der Waals surface area contributed by atoms with Crippen molar-refractivity contribution in [1.82, 2.24) is 0 Å². The summed E-state index contributed by atoms with van der Waals surface area (Å²) < 4.78 is 11.9. The van der Waals surface area contributed by atoms with Gasteiger partial charge in [-0.15, -0.1) is 0 Å². The molecule has 0 spiro atoms. The van der Waals surface area contributed by atoms with Crippen molar-refractivity contribution in [2.45, 2.75) is 31.7 Å². The zero-order valence-corrected chi connectivity index (χ0v) is 11.4. The van der Waals surface area contributed by atoms with Crippen LogP contribution in [-0.4, -0.2) is 29.9 Å². The van der Waals surface area contributed by atoms with Gasteiger partial charge in [-0.25, -0.2) is 4.79 Å². The number of benzene rings is 1. The van der Waals surface area contributed by atoms with Crippen LogP contribution in [0.15, 0.2) is 28.7 Å². The molecule has 1 aromatic carbocycles. The highest BCUT2D eigenvalue weighted by molar-refractivity contribution is 9.10. The summed E-state index contributed by atoms with van der Waals surface area (Å²) >= 11 is 3.45. The summed E-state index contributed by atoms with van der Waals surface area (Å²) in [4.78, 5) is 10.7. The molecular weight excluding hydrogens is 300 g/mol. The Hall–Kier alpha value is -0.910. The van der Waals surface area contributed by atoms with Crippen molar-refractivity contribution in [2.24, 2.45) is 0 Å². The Labute approximate surface area is 114 Å². The molecule has 2 atom stereocenters. The number of hydrogen-bond acceptors (Lipinski definition) is 3. The predicted octanol–water partition coefficient (Wildman–Crippen LogP) is 2.60. The van der Waals surface area contributed by atoms with E-state index in [-0.39, 0.29) is 6.10 Å². The second kappa shape index (κ2) is 6.31. The van der Waals surface area contributed by atoms with Gasteiger partial charge < -0.3 is 14.6 Å². The van der Waals surface area contributed by atoms with Crippen molar-refractivity contribution >= 4 is 21.9 Å². The standard InChI is InChI=1S/C13H15BrO4/c14-11-4-2-1-3-9(11)7-17-8-10-5-6-12(18-10)13(15)16/h1-4,10,12H,5-8H2,(H,15,16). The van der Waals surface area contributed by atoms with Crippen molar-refractivity contribution in [3.05, 3.63) is 34.3 Å². The molecule has 0 aromatic heterocycles. The Kier molecular flexibility index (Phi) is 4.74. The molecule has 5 heteroatoms. The molecule has 1 fully saturated rings. The lowest BCUT2D eigenvalue weighted by Crippen LogP contribution is -2.22. The normalized spacial score (nSPS) is 23.2. The van der Waals surface area contributed by atoms with Crippen LogP contribution in [0.25, 0.3) is 0 Å². The summed E-state index contributed by atoms with van der Waals surface area (Å²) in [6.07, 6.45) is 0.543. The molecule has 1 heterocycles. The molecule has 0 bridgehead atoms. The van der Waals surface area contributed by atoms with Gasteiger partial charge in [0, 0.05) is 4.47 Å². The van der Waals surface area contributed by atoms with Crippen molar-refractivity contribution in [3.8, 4) is 0 Å². The molecule has 1 N–H and O–H groups in total. The van der Waals surface area contributed by atoms with Crippen molar-refractivity contribution in [3.63, 3.8) is 0 Å². The van der Waals surface area contributed by atoms with Gasteiger partial charge in [0.1, 0.15) is 0 Å². The highest BCUT2D eigenvalue weighted by Gasteiger charge is 2.30. The minimum Gasteiger partial charge on any atom is -0.479 e. The van der Waals surface area contributed by atoms with E-state index in [1.165, 1.54) is 0 Å². The second-order valence-corrected chi connectivity index (χ2v) is 5.12. The van der Waals surface area contributed by atoms with Gasteiger partial charge in [-0.05, 0) is 24.5 Å². The summed E-state index contributed by atoms with van der Waals surface area (Å²) in [6, 6.07) is 7.85. The first-order chi connectivity index (χ1) is 8.66. The monoisotopic (exact) mass is 314 g/mol. The maximum Gasteiger partial charge on any atom is 0.332 e. The summed E-state index contributed by atoms with van der Waals surface area (Å²) in [5.41, 5.74) is 1.07. The van der Waals surface area contributed by atoms with Gasteiger partial charge in [0.05, 0.1) is 19.3 Å². The molecule has 98 valence electrons. The lowest BCUT2D eigenvalue weighted by Gasteiger charge is -2.12. The van der Waals surface area contributed by atoms with Gasteiger partial charge in [-0.3, -0.25) is 0 Å². The number of halogens is 1. The van der Waals surface area contributed by atoms with Gasteiger partial charge in [-0.2, -0.15) is 0 Å². The zero-order chi connectivity index (χ0) is 13.0. The predicted molar refractivity (Wildman–Crippen MR) is 69.3 cm³/mol. The molecule has 0 saturated carbocycles. The fourth-order valence-electron chi connectivity index (χ4n) is 1.93. The first-order valence-electron chi connectivity index (χ1n) is 5.86. The largest absolute Gasteiger partial charge is 0.479 e. The number of carbonyl (C=O) groups is 1. The Morgan fingerprint density at radius 2 is 2.22 bits per heavy atom. The van der Waals surface area contributed by atoms with Crippen LogP contribution in [0.1, 0.15) is 18.4 Å². The van der Waals surface area contributed by atoms with Crippen LogP contribution in [0.4, 0.5) is 0 Å². The molecule has 1 saturated heterocycles. The molecule has 0 amide bonds. The summed E-state index contributed by atoms with van der Waals surface area (Å²) in [7, 11) is 0. The van der Waals surface area contributed by atoms with Crippen molar-refractivity contribution in [2.75, 3.05) is 6.61 Å². The highest BCUT2D eigenvalue weighted by atomic mass is 79.9. The van der Waals surface area contributed by atoms with Gasteiger partial charge in [-0.1, -0.05) is 34.1 Å². The first-order valence-corrected chi connectivity index (χ1v) is 6.65. The van der Waals surface area contributed by atoms with Gasteiger partial charge >= 0.3 is 5.97 Å². The maximum absolute atomic E-state index is 10.7. The third-order valence-corrected chi connectivity index (χ3v) is 3.68. The Morgan fingerprint density at radius 1 is 1.44 bits per heavy atom. The number of ether oxygens (including phenoxy) is 2. The van der Waals surface area contributed by atoms with Crippen LogP contribution in [0, 0.1) is 0 Å². The van der Waals surface area contributed by atoms with E-state index in [9.17, 15) is 4.79 Å². The number of aliphatic carboxylic acids is 1. The van der Waals surface area contributed by atoms with E-state index in [0.717, 1.165) is 16.5 Å². The first kappa shape index (κ1) is 13.5. The lowest BCUT2D eigenvalue weighted by molar-refractivity contribution is -0.150. The van der Waals surface area contributed by atoms with E-state index in [1.807, 2.05) is 24.3 Å².